The van der Waals surface area contributed by atoms with E-state index in [-0.39, 0.29) is 0 Å². The van der Waals surface area contributed by atoms with E-state index < -0.39 is 0 Å². The van der Waals surface area contributed by atoms with Gasteiger partial charge in [0.05, 0.1) is 29.4 Å². The van der Waals surface area contributed by atoms with Gasteiger partial charge in [0.1, 0.15) is 44.0 Å². The summed E-state index contributed by atoms with van der Waals surface area (Å²) in [5.74, 6) is 2.33. The molecule has 1 fully saturated rings. The number of hydrogen-bond donors (Lipinski definition) is 10. The fourth-order valence-corrected chi connectivity index (χ4v) is 4.55. The van der Waals surface area contributed by atoms with Crippen LogP contribution in [0.25, 0.3) is 0 Å². The maximum atomic E-state index is 5.46. The van der Waals surface area contributed by atoms with Crippen LogP contribution in [0.2, 0.25) is 0 Å². The van der Waals surface area contributed by atoms with Gasteiger partial charge in [-0.1, -0.05) is 24.4 Å². The minimum absolute atomic E-state index is 0.346. The third-order valence-electron chi connectivity index (χ3n) is 4.50. The van der Waals surface area contributed by atoms with Crippen molar-refractivity contribution in [2.45, 2.75) is 29.4 Å². The Morgan fingerprint density at radius 1 is 0.469 bits per heavy atom. The van der Waals surface area contributed by atoms with Gasteiger partial charge in [0.2, 0.25) is 0 Å². The Morgan fingerprint density at radius 2 is 0.812 bits per heavy atom. The molecule has 8 nitrogen and oxygen atoms in total. The van der Waals surface area contributed by atoms with Crippen molar-refractivity contribution >= 4 is 145 Å². The van der Waals surface area contributed by atoms with E-state index in [4.69, 9.17) is 24.4 Å². The van der Waals surface area contributed by atoms with Crippen molar-refractivity contribution in [3.8, 4) is 0 Å². The van der Waals surface area contributed by atoms with Crippen molar-refractivity contribution in [1.29, 1.82) is 0 Å². The van der Waals surface area contributed by atoms with Crippen LogP contribution in [0.5, 0.6) is 0 Å². The first-order chi connectivity index (χ1) is 15.2. The summed E-state index contributed by atoms with van der Waals surface area (Å²) in [6.07, 6.45) is 0. The number of thiocarbonyl (C=S) groups is 2. The molecule has 0 spiro atoms. The lowest BCUT2D eigenvalue weighted by molar-refractivity contribution is 1.05. The highest BCUT2D eigenvalue weighted by molar-refractivity contribution is 7.93. The minimum Gasteiger partial charge on any atom is -0.323 e. The predicted octanol–water partition coefficient (Wildman–Crippen LogP) is 3.72. The van der Waals surface area contributed by atoms with Gasteiger partial charge in [-0.25, -0.2) is 20.0 Å². The standard InChI is InChI=1S/C16H10N8S8/c25-1-2(26)10-17-9(1)21-11-3(27)4(28)13(18-11)23-15-7(31)8(32)16(20-15)24-14-6(30)5(29)12(19-14)22-10/h17,20,25-28,31-32H,(H,18,21,23)(H,19,22,24). The largest absolute Gasteiger partial charge is 0.323 e. The van der Waals surface area contributed by atoms with E-state index in [9.17, 15) is 0 Å². The van der Waals surface area contributed by atoms with Gasteiger partial charge in [0, 0.05) is 0 Å². The van der Waals surface area contributed by atoms with Crippen LogP contribution >= 0.6 is 100 Å². The Bertz CT molecular complexity index is 1440. The molecule has 0 aromatic carbocycles. The molecule has 0 amide bonds. The molecule has 3 aromatic heterocycles. The fourth-order valence-electron chi connectivity index (χ4n) is 2.90. The lowest BCUT2D eigenvalue weighted by Crippen LogP contribution is -2.22. The van der Waals surface area contributed by atoms with Crippen molar-refractivity contribution in [3.05, 3.63) is 11.0 Å². The van der Waals surface area contributed by atoms with E-state index in [1.165, 1.54) is 0 Å². The summed E-state index contributed by atoms with van der Waals surface area (Å²) < 4.78 is 0. The molecule has 3 aromatic rings. The van der Waals surface area contributed by atoms with Crippen LogP contribution in [0.3, 0.4) is 0 Å². The molecule has 0 radical (unpaired) electrons. The number of aromatic amines is 3. The summed E-state index contributed by atoms with van der Waals surface area (Å²) in [6, 6.07) is 0. The maximum absolute atomic E-state index is 5.46. The number of hydrogen-bond acceptors (Lipinski definition) is 13. The molecule has 1 saturated heterocycles. The molecule has 2 aliphatic rings. The van der Waals surface area contributed by atoms with E-state index in [2.05, 4.69) is 116 Å². The third-order valence-corrected chi connectivity index (χ3v) is 8.56. The highest BCUT2D eigenvalue weighted by Crippen LogP contribution is 2.38. The molecule has 8 bridgehead atoms. The van der Waals surface area contributed by atoms with Crippen molar-refractivity contribution in [2.24, 2.45) is 20.0 Å². The number of nitrogens with one attached hydrogen (secondary N) is 4. The van der Waals surface area contributed by atoms with Crippen molar-refractivity contribution in [3.63, 3.8) is 0 Å². The number of fused-ring (bicyclic) bond motifs is 8. The summed E-state index contributed by atoms with van der Waals surface area (Å²) in [5, 5.41) is 3.05. The van der Waals surface area contributed by atoms with Crippen LogP contribution in [0.4, 0.5) is 23.3 Å². The number of thiol groups is 6. The molecular formula is C16H10N8S8. The maximum Gasteiger partial charge on any atom is 0.153 e. The van der Waals surface area contributed by atoms with E-state index in [0.717, 1.165) is 0 Å². The number of amidine groups is 2. The minimum atomic E-state index is 0.346. The highest BCUT2D eigenvalue weighted by atomic mass is 32.1. The molecule has 0 atom stereocenters. The van der Waals surface area contributed by atoms with Gasteiger partial charge < -0.3 is 20.3 Å². The average Bonchev–Trinajstić information content (AvgIpc) is 3.37. The Hall–Kier alpha value is -1.14. The first kappa shape index (κ1) is 22.6. The van der Waals surface area contributed by atoms with Crippen LogP contribution in [0.15, 0.2) is 49.3 Å². The predicted molar refractivity (Wildman–Crippen MR) is 150 cm³/mol. The van der Waals surface area contributed by atoms with Crippen molar-refractivity contribution in [2.75, 3.05) is 0 Å². The number of nitrogens with zero attached hydrogens (tertiary/aromatic N) is 4. The zero-order valence-corrected chi connectivity index (χ0v) is 22.3. The zero-order chi connectivity index (χ0) is 22.9. The smallest absolute Gasteiger partial charge is 0.153 e. The number of aromatic nitrogens is 3. The highest BCUT2D eigenvalue weighted by Gasteiger charge is 2.29. The van der Waals surface area contributed by atoms with E-state index in [1.807, 2.05) is 0 Å². The molecule has 0 saturated carbocycles. The van der Waals surface area contributed by atoms with Crippen LogP contribution < -0.4 is 16.3 Å². The first-order valence-corrected chi connectivity index (χ1v) is 12.0. The second-order valence-corrected chi connectivity index (χ2v) is 9.99. The van der Waals surface area contributed by atoms with E-state index in [1.54, 1.807) is 0 Å². The second-order valence-electron chi connectivity index (χ2n) is 6.49. The molecule has 5 rings (SSSR count). The molecule has 4 N–H and O–H groups in total. The summed E-state index contributed by atoms with van der Waals surface area (Å²) in [6.45, 7) is 0. The summed E-state index contributed by atoms with van der Waals surface area (Å²) in [5.41, 5.74) is 0.839. The number of aliphatic imine (C=N–C) groups is 2. The zero-order valence-electron chi connectivity index (χ0n) is 15.3. The van der Waals surface area contributed by atoms with Gasteiger partial charge in [-0.05, 0) is 0 Å². The van der Waals surface area contributed by atoms with Crippen LogP contribution in [0, 0.1) is 0 Å². The molecule has 16 heteroatoms. The lowest BCUT2D eigenvalue weighted by Gasteiger charge is -1.98. The molecule has 162 valence electrons. The van der Waals surface area contributed by atoms with E-state index in [0.29, 0.717) is 85.0 Å². The molecular weight excluding hydrogens is 561 g/mol. The van der Waals surface area contributed by atoms with Crippen LogP contribution in [-0.4, -0.2) is 36.4 Å². The van der Waals surface area contributed by atoms with Crippen molar-refractivity contribution < 1.29 is 0 Å². The third kappa shape index (κ3) is 3.60. The first-order valence-electron chi connectivity index (χ1n) is 8.54. The Labute approximate surface area is 223 Å². The Kier molecular flexibility index (Phi) is 5.85. The van der Waals surface area contributed by atoms with Gasteiger partial charge in [-0.2, -0.15) is 0 Å². The monoisotopic (exact) mass is 570 g/mol. The summed E-state index contributed by atoms with van der Waals surface area (Å²) in [4.78, 5) is 31.1. The SMILES string of the molecule is S=C1C(=S)C2=Nc3[nH]c(c(S)c3S)N=c3[nH]c(c(S)c3S)=Nc3[nH]c(c(S)c3S)N=C1N2. The number of H-pyrrole nitrogens is 3. The quantitative estimate of drug-likeness (QED) is 0.150. The van der Waals surface area contributed by atoms with Gasteiger partial charge in [0.25, 0.3) is 0 Å². The molecule has 5 heterocycles. The molecule has 0 aliphatic carbocycles. The summed E-state index contributed by atoms with van der Waals surface area (Å²) >= 11 is 38.0. The van der Waals surface area contributed by atoms with Crippen LogP contribution in [0.1, 0.15) is 0 Å². The lowest BCUT2D eigenvalue weighted by atomic mass is 10.3. The van der Waals surface area contributed by atoms with Gasteiger partial charge in [-0.3, -0.25) is 0 Å². The number of rotatable bonds is 0. The molecule has 32 heavy (non-hydrogen) atoms. The van der Waals surface area contributed by atoms with Crippen molar-refractivity contribution in [1.82, 2.24) is 20.3 Å². The average molecular weight is 571 g/mol. The van der Waals surface area contributed by atoms with Gasteiger partial charge in [0.15, 0.2) is 11.7 Å². The Morgan fingerprint density at radius 3 is 1.19 bits per heavy atom. The fraction of sp³-hybridized carbons (Fsp3) is 0. The normalized spacial score (nSPS) is 15.2. The van der Waals surface area contributed by atoms with E-state index >= 15 is 0 Å². The van der Waals surface area contributed by atoms with Gasteiger partial charge >= 0.3 is 0 Å². The molecule has 2 aliphatic heterocycles. The topological polar surface area (TPSA) is 109 Å². The second kappa shape index (κ2) is 8.26. The van der Waals surface area contributed by atoms with Crippen LogP contribution in [-0.2, 0) is 0 Å². The van der Waals surface area contributed by atoms with Gasteiger partial charge in [-0.15, -0.1) is 75.8 Å². The Balaban J connectivity index is 1.87. The summed E-state index contributed by atoms with van der Waals surface area (Å²) in [7, 11) is 0. The molecule has 0 unspecified atom stereocenters.